The van der Waals surface area contributed by atoms with Crippen LogP contribution in [0, 0.1) is 5.92 Å². The summed E-state index contributed by atoms with van der Waals surface area (Å²) in [7, 11) is 0. The summed E-state index contributed by atoms with van der Waals surface area (Å²) in [5.74, 6) is 0.594. The molecule has 1 aliphatic rings. The van der Waals surface area contributed by atoms with E-state index in [0.717, 1.165) is 6.42 Å². The SMILES string of the molecule is O=C(N[C@@H]1C=C[C@H](CO)C1)c1csc(-c2ccco2)n1. The van der Waals surface area contributed by atoms with Crippen molar-refractivity contribution in [3.05, 3.63) is 41.6 Å². The Kier molecular flexibility index (Phi) is 3.66. The first kappa shape index (κ1) is 13.1. The Morgan fingerprint density at radius 2 is 2.45 bits per heavy atom. The molecule has 2 aromatic heterocycles. The monoisotopic (exact) mass is 290 g/mol. The van der Waals surface area contributed by atoms with Crippen LogP contribution in [0.25, 0.3) is 10.8 Å². The number of aliphatic hydroxyl groups is 1. The number of hydrogen-bond acceptors (Lipinski definition) is 5. The lowest BCUT2D eigenvalue weighted by Gasteiger charge is -2.11. The minimum Gasteiger partial charge on any atom is -0.462 e. The second kappa shape index (κ2) is 5.60. The van der Waals surface area contributed by atoms with Gasteiger partial charge in [-0.25, -0.2) is 4.98 Å². The van der Waals surface area contributed by atoms with Gasteiger partial charge in [0.05, 0.1) is 6.26 Å². The van der Waals surface area contributed by atoms with E-state index in [1.807, 2.05) is 18.2 Å². The van der Waals surface area contributed by atoms with E-state index >= 15 is 0 Å². The van der Waals surface area contributed by atoms with Gasteiger partial charge < -0.3 is 14.8 Å². The number of thiazole rings is 1. The predicted octanol–water partition coefficient (Wildman–Crippen LogP) is 2.07. The van der Waals surface area contributed by atoms with Gasteiger partial charge in [0.25, 0.3) is 5.91 Å². The molecule has 0 saturated heterocycles. The van der Waals surface area contributed by atoms with Gasteiger partial charge in [0.15, 0.2) is 10.8 Å². The quantitative estimate of drug-likeness (QED) is 0.845. The van der Waals surface area contributed by atoms with Crippen LogP contribution in [-0.2, 0) is 0 Å². The molecule has 0 radical (unpaired) electrons. The van der Waals surface area contributed by atoms with Gasteiger partial charge in [-0.2, -0.15) is 0 Å². The lowest BCUT2D eigenvalue weighted by Crippen LogP contribution is -2.33. The molecule has 104 valence electrons. The summed E-state index contributed by atoms with van der Waals surface area (Å²) in [6.07, 6.45) is 6.16. The van der Waals surface area contributed by atoms with Crippen LogP contribution >= 0.6 is 11.3 Å². The summed E-state index contributed by atoms with van der Waals surface area (Å²) in [5.41, 5.74) is 0.391. The fraction of sp³-hybridized carbons (Fsp3) is 0.286. The largest absolute Gasteiger partial charge is 0.462 e. The Balaban J connectivity index is 1.65. The number of nitrogens with zero attached hydrogens (tertiary/aromatic N) is 1. The van der Waals surface area contributed by atoms with Crippen molar-refractivity contribution < 1.29 is 14.3 Å². The Morgan fingerprint density at radius 3 is 3.15 bits per heavy atom. The maximum absolute atomic E-state index is 12.1. The lowest BCUT2D eigenvalue weighted by atomic mass is 10.1. The normalized spacial score (nSPS) is 21.2. The van der Waals surface area contributed by atoms with Crippen molar-refractivity contribution in [2.24, 2.45) is 5.92 Å². The molecule has 0 fully saturated rings. The van der Waals surface area contributed by atoms with E-state index in [-0.39, 0.29) is 24.5 Å². The summed E-state index contributed by atoms with van der Waals surface area (Å²) in [6.45, 7) is 0.113. The highest BCUT2D eigenvalue weighted by molar-refractivity contribution is 7.13. The molecule has 1 aliphatic carbocycles. The van der Waals surface area contributed by atoms with E-state index in [4.69, 9.17) is 9.52 Å². The first-order chi connectivity index (χ1) is 9.76. The first-order valence-corrected chi connectivity index (χ1v) is 7.23. The van der Waals surface area contributed by atoms with Crippen molar-refractivity contribution in [1.29, 1.82) is 0 Å². The maximum Gasteiger partial charge on any atom is 0.271 e. The number of amides is 1. The second-order valence-corrected chi connectivity index (χ2v) is 5.52. The van der Waals surface area contributed by atoms with Gasteiger partial charge in [-0.1, -0.05) is 12.2 Å². The van der Waals surface area contributed by atoms with E-state index in [0.29, 0.717) is 16.5 Å². The van der Waals surface area contributed by atoms with Crippen LogP contribution in [0.4, 0.5) is 0 Å². The minimum atomic E-state index is -0.202. The van der Waals surface area contributed by atoms with E-state index in [9.17, 15) is 4.79 Å². The zero-order chi connectivity index (χ0) is 13.9. The average molecular weight is 290 g/mol. The lowest BCUT2D eigenvalue weighted by molar-refractivity contribution is 0.0937. The number of furan rings is 1. The van der Waals surface area contributed by atoms with Crippen molar-refractivity contribution in [3.63, 3.8) is 0 Å². The molecular formula is C14H14N2O3S. The van der Waals surface area contributed by atoms with Crippen molar-refractivity contribution in [1.82, 2.24) is 10.3 Å². The molecule has 3 rings (SSSR count). The molecule has 0 bridgehead atoms. The van der Waals surface area contributed by atoms with Crippen LogP contribution in [0.2, 0.25) is 0 Å². The summed E-state index contributed by atoms with van der Waals surface area (Å²) in [6, 6.07) is 3.56. The van der Waals surface area contributed by atoms with Crippen molar-refractivity contribution >= 4 is 17.2 Å². The fourth-order valence-electron chi connectivity index (χ4n) is 2.15. The first-order valence-electron chi connectivity index (χ1n) is 6.35. The van der Waals surface area contributed by atoms with Crippen LogP contribution in [0.15, 0.2) is 40.3 Å². The third-order valence-electron chi connectivity index (χ3n) is 3.19. The Bertz CT molecular complexity index is 618. The Labute approximate surface area is 120 Å². The van der Waals surface area contributed by atoms with Gasteiger partial charge in [-0.05, 0) is 18.6 Å². The number of carbonyl (C=O) groups is 1. The van der Waals surface area contributed by atoms with Gasteiger partial charge in [-0.15, -0.1) is 11.3 Å². The number of rotatable bonds is 4. The van der Waals surface area contributed by atoms with E-state index in [2.05, 4.69) is 10.3 Å². The van der Waals surface area contributed by atoms with Crippen LogP contribution < -0.4 is 5.32 Å². The van der Waals surface area contributed by atoms with Crippen LogP contribution in [0.3, 0.4) is 0 Å². The predicted molar refractivity (Wildman–Crippen MR) is 75.4 cm³/mol. The molecule has 0 spiro atoms. The van der Waals surface area contributed by atoms with Gasteiger partial charge in [-0.3, -0.25) is 4.79 Å². The Hall–Kier alpha value is -1.92. The molecule has 5 nitrogen and oxygen atoms in total. The number of carbonyl (C=O) groups excluding carboxylic acids is 1. The van der Waals surface area contributed by atoms with E-state index in [1.165, 1.54) is 11.3 Å². The molecule has 2 aromatic rings. The summed E-state index contributed by atoms with van der Waals surface area (Å²) in [4.78, 5) is 16.4. The smallest absolute Gasteiger partial charge is 0.271 e. The number of aromatic nitrogens is 1. The topological polar surface area (TPSA) is 75.4 Å². The van der Waals surface area contributed by atoms with Gasteiger partial charge in [0, 0.05) is 23.9 Å². The van der Waals surface area contributed by atoms with Crippen LogP contribution in [0.1, 0.15) is 16.9 Å². The molecule has 2 atom stereocenters. The molecule has 1 amide bonds. The molecule has 2 N–H and O–H groups in total. The van der Waals surface area contributed by atoms with Crippen LogP contribution in [-0.4, -0.2) is 28.6 Å². The summed E-state index contributed by atoms with van der Waals surface area (Å²) in [5, 5.41) is 14.4. The standard InChI is InChI=1S/C14H14N2O3S/c17-7-9-3-4-10(6-9)15-13(18)11-8-20-14(16-11)12-2-1-5-19-12/h1-5,8-10,17H,6-7H2,(H,15,18)/t9-,10+/m0/s1. The second-order valence-electron chi connectivity index (χ2n) is 4.66. The highest BCUT2D eigenvalue weighted by atomic mass is 32.1. The van der Waals surface area contributed by atoms with Crippen LogP contribution in [0.5, 0.6) is 0 Å². The van der Waals surface area contributed by atoms with Crippen molar-refractivity contribution in [2.75, 3.05) is 6.61 Å². The molecule has 2 heterocycles. The van der Waals surface area contributed by atoms with Gasteiger partial charge in [0.1, 0.15) is 5.69 Å². The number of nitrogens with one attached hydrogen (secondary N) is 1. The zero-order valence-corrected chi connectivity index (χ0v) is 11.5. The minimum absolute atomic E-state index is 0.0339. The molecule has 20 heavy (non-hydrogen) atoms. The average Bonchev–Trinajstić information content (AvgIpc) is 3.19. The maximum atomic E-state index is 12.1. The summed E-state index contributed by atoms with van der Waals surface area (Å²) < 4.78 is 5.25. The van der Waals surface area contributed by atoms with Crippen molar-refractivity contribution in [3.8, 4) is 10.8 Å². The third kappa shape index (κ3) is 2.66. The molecule has 0 aromatic carbocycles. The number of aliphatic hydroxyl groups excluding tert-OH is 1. The Morgan fingerprint density at radius 1 is 1.55 bits per heavy atom. The highest BCUT2D eigenvalue weighted by Crippen LogP contribution is 2.24. The number of hydrogen-bond donors (Lipinski definition) is 2. The molecule has 0 unspecified atom stereocenters. The summed E-state index contributed by atoms with van der Waals surface area (Å²) >= 11 is 1.37. The van der Waals surface area contributed by atoms with Crippen molar-refractivity contribution in [2.45, 2.75) is 12.5 Å². The van der Waals surface area contributed by atoms with E-state index < -0.39 is 0 Å². The fourth-order valence-corrected chi connectivity index (χ4v) is 2.92. The van der Waals surface area contributed by atoms with Gasteiger partial charge in [0.2, 0.25) is 0 Å². The zero-order valence-electron chi connectivity index (χ0n) is 10.7. The third-order valence-corrected chi connectivity index (χ3v) is 4.05. The highest BCUT2D eigenvalue weighted by Gasteiger charge is 2.21. The van der Waals surface area contributed by atoms with Gasteiger partial charge >= 0.3 is 0 Å². The molecule has 0 aliphatic heterocycles. The molecule has 6 heteroatoms. The molecular weight excluding hydrogens is 276 g/mol. The molecule has 0 saturated carbocycles. The van der Waals surface area contributed by atoms with E-state index in [1.54, 1.807) is 17.7 Å².